The van der Waals surface area contributed by atoms with Crippen LogP contribution >= 0.6 is 23.2 Å². The van der Waals surface area contributed by atoms with Crippen LogP contribution in [-0.4, -0.2) is 9.91 Å². The third-order valence-electron chi connectivity index (χ3n) is 2.49. The summed E-state index contributed by atoms with van der Waals surface area (Å²) in [6.45, 7) is 1.66. The molecule has 18 heavy (non-hydrogen) atoms. The van der Waals surface area contributed by atoms with E-state index in [1.165, 1.54) is 6.20 Å². The summed E-state index contributed by atoms with van der Waals surface area (Å²) < 4.78 is 0. The van der Waals surface area contributed by atoms with Gasteiger partial charge in [0.1, 0.15) is 6.20 Å². The van der Waals surface area contributed by atoms with Crippen molar-refractivity contribution in [1.29, 1.82) is 0 Å². The molecule has 0 aliphatic carbocycles. The van der Waals surface area contributed by atoms with Gasteiger partial charge >= 0.3 is 0 Å². The third kappa shape index (κ3) is 2.44. The standard InChI is InChI=1S/C12H8Cl2N2O2/c1-7-4-11(15-6-12(7)16(17)18)9-3-2-8(13)5-10(9)14/h2-6H,1H3. The number of hydrogen-bond donors (Lipinski definition) is 0. The summed E-state index contributed by atoms with van der Waals surface area (Å²) in [5.41, 5.74) is 1.80. The molecule has 0 amide bonds. The largest absolute Gasteiger partial charge is 0.290 e. The number of rotatable bonds is 2. The normalized spacial score (nSPS) is 10.4. The molecule has 1 aromatic heterocycles. The van der Waals surface area contributed by atoms with Gasteiger partial charge in [-0.05, 0) is 31.2 Å². The van der Waals surface area contributed by atoms with E-state index in [4.69, 9.17) is 23.2 Å². The molecule has 1 aromatic carbocycles. The molecule has 2 aromatic rings. The molecular formula is C12H8Cl2N2O2. The van der Waals surface area contributed by atoms with E-state index in [2.05, 4.69) is 4.98 Å². The van der Waals surface area contributed by atoms with Crippen molar-refractivity contribution in [3.63, 3.8) is 0 Å². The second-order valence-electron chi connectivity index (χ2n) is 3.74. The number of nitro groups is 1. The lowest BCUT2D eigenvalue weighted by molar-refractivity contribution is -0.385. The van der Waals surface area contributed by atoms with Crippen LogP contribution in [-0.2, 0) is 0 Å². The van der Waals surface area contributed by atoms with Crippen LogP contribution in [0.4, 0.5) is 5.69 Å². The molecule has 4 nitrogen and oxygen atoms in total. The third-order valence-corrected chi connectivity index (χ3v) is 3.03. The van der Waals surface area contributed by atoms with Gasteiger partial charge in [0.05, 0.1) is 15.6 Å². The molecule has 0 saturated heterocycles. The van der Waals surface area contributed by atoms with Gasteiger partial charge in [-0.1, -0.05) is 23.2 Å². The van der Waals surface area contributed by atoms with Crippen LogP contribution in [0.3, 0.4) is 0 Å². The molecule has 0 atom stereocenters. The predicted molar refractivity (Wildman–Crippen MR) is 71.1 cm³/mol. The Morgan fingerprint density at radius 1 is 1.28 bits per heavy atom. The summed E-state index contributed by atoms with van der Waals surface area (Å²) in [5, 5.41) is 11.7. The number of hydrogen-bond acceptors (Lipinski definition) is 3. The smallest absolute Gasteiger partial charge is 0.258 e. The van der Waals surface area contributed by atoms with Gasteiger partial charge in [0.25, 0.3) is 5.69 Å². The molecule has 0 unspecified atom stereocenters. The average Bonchev–Trinajstić information content (AvgIpc) is 2.28. The highest BCUT2D eigenvalue weighted by Gasteiger charge is 2.13. The summed E-state index contributed by atoms with van der Waals surface area (Å²) in [7, 11) is 0. The molecule has 0 aliphatic heterocycles. The summed E-state index contributed by atoms with van der Waals surface area (Å²) >= 11 is 11.9. The first-order valence-corrected chi connectivity index (χ1v) is 5.81. The van der Waals surface area contributed by atoms with Gasteiger partial charge in [-0.15, -0.1) is 0 Å². The first kappa shape index (κ1) is 12.8. The zero-order valence-electron chi connectivity index (χ0n) is 9.35. The van der Waals surface area contributed by atoms with E-state index in [0.717, 1.165) is 0 Å². The number of nitrogens with zero attached hydrogens (tertiary/aromatic N) is 2. The monoisotopic (exact) mass is 282 g/mol. The van der Waals surface area contributed by atoms with Gasteiger partial charge in [0, 0.05) is 16.1 Å². The van der Waals surface area contributed by atoms with Crippen LogP contribution in [0.5, 0.6) is 0 Å². The molecule has 1 heterocycles. The average molecular weight is 283 g/mol. The van der Waals surface area contributed by atoms with Gasteiger partial charge in [-0.25, -0.2) is 4.98 Å². The van der Waals surface area contributed by atoms with Gasteiger partial charge in [0.15, 0.2) is 0 Å². The van der Waals surface area contributed by atoms with E-state index < -0.39 is 4.92 Å². The Labute approximate surface area is 113 Å². The molecular weight excluding hydrogens is 275 g/mol. The summed E-state index contributed by atoms with van der Waals surface area (Å²) in [4.78, 5) is 14.3. The minimum atomic E-state index is -0.463. The Bertz CT molecular complexity index is 629. The number of halogens is 2. The summed E-state index contributed by atoms with van der Waals surface area (Å²) in [5.74, 6) is 0. The number of pyridine rings is 1. The summed E-state index contributed by atoms with van der Waals surface area (Å²) in [6.07, 6.45) is 1.23. The second-order valence-corrected chi connectivity index (χ2v) is 4.58. The maximum Gasteiger partial charge on any atom is 0.290 e. The highest BCUT2D eigenvalue weighted by Crippen LogP contribution is 2.30. The highest BCUT2D eigenvalue weighted by molar-refractivity contribution is 6.36. The van der Waals surface area contributed by atoms with Crippen LogP contribution in [0.25, 0.3) is 11.3 Å². The lowest BCUT2D eigenvalue weighted by Gasteiger charge is -2.05. The predicted octanol–water partition coefficient (Wildman–Crippen LogP) is 4.27. The number of benzene rings is 1. The van der Waals surface area contributed by atoms with Crippen molar-refractivity contribution in [3.8, 4) is 11.3 Å². The molecule has 0 radical (unpaired) electrons. The lowest BCUT2D eigenvalue weighted by atomic mass is 10.1. The zero-order valence-corrected chi connectivity index (χ0v) is 10.9. The van der Waals surface area contributed by atoms with Crippen LogP contribution in [0.1, 0.15) is 5.56 Å². The van der Waals surface area contributed by atoms with Gasteiger partial charge < -0.3 is 0 Å². The molecule has 0 saturated carbocycles. The SMILES string of the molecule is Cc1cc(-c2ccc(Cl)cc2Cl)ncc1[N+](=O)[O-]. The molecule has 0 fully saturated rings. The topological polar surface area (TPSA) is 56.0 Å². The molecule has 6 heteroatoms. The van der Waals surface area contributed by atoms with Gasteiger partial charge in [-0.3, -0.25) is 10.1 Å². The molecule has 92 valence electrons. The quantitative estimate of drug-likeness (QED) is 0.610. The Morgan fingerprint density at radius 3 is 2.56 bits per heavy atom. The van der Waals surface area contributed by atoms with E-state index in [9.17, 15) is 10.1 Å². The van der Waals surface area contributed by atoms with Crippen LogP contribution in [0.15, 0.2) is 30.5 Å². The van der Waals surface area contributed by atoms with Crippen molar-refractivity contribution in [1.82, 2.24) is 4.98 Å². The van der Waals surface area contributed by atoms with E-state index in [0.29, 0.717) is 26.9 Å². The van der Waals surface area contributed by atoms with E-state index in [1.54, 1.807) is 31.2 Å². The maximum atomic E-state index is 10.7. The molecule has 0 N–H and O–H groups in total. The Hall–Kier alpha value is -1.65. The van der Waals surface area contributed by atoms with Gasteiger partial charge in [-0.2, -0.15) is 0 Å². The van der Waals surface area contributed by atoms with E-state index in [1.807, 2.05) is 0 Å². The maximum absolute atomic E-state index is 10.7. The van der Waals surface area contributed by atoms with Crippen LogP contribution in [0, 0.1) is 17.0 Å². The summed E-state index contributed by atoms with van der Waals surface area (Å²) in [6, 6.07) is 6.67. The number of aromatic nitrogens is 1. The Balaban J connectivity index is 2.52. The number of aryl methyl sites for hydroxylation is 1. The molecule has 0 spiro atoms. The van der Waals surface area contributed by atoms with Crippen molar-refractivity contribution in [3.05, 3.63) is 56.2 Å². The van der Waals surface area contributed by atoms with Crippen molar-refractivity contribution >= 4 is 28.9 Å². The van der Waals surface area contributed by atoms with Crippen molar-refractivity contribution < 1.29 is 4.92 Å². The molecule has 2 rings (SSSR count). The first-order chi connectivity index (χ1) is 8.49. The second kappa shape index (κ2) is 4.92. The van der Waals surface area contributed by atoms with E-state index >= 15 is 0 Å². The van der Waals surface area contributed by atoms with Crippen LogP contribution < -0.4 is 0 Å². The lowest BCUT2D eigenvalue weighted by Crippen LogP contribution is -1.94. The first-order valence-electron chi connectivity index (χ1n) is 5.05. The van der Waals surface area contributed by atoms with Gasteiger partial charge in [0.2, 0.25) is 0 Å². The fourth-order valence-electron chi connectivity index (χ4n) is 1.58. The Kier molecular flexibility index (Phi) is 3.50. The van der Waals surface area contributed by atoms with Crippen molar-refractivity contribution in [2.45, 2.75) is 6.92 Å². The van der Waals surface area contributed by atoms with Crippen molar-refractivity contribution in [2.24, 2.45) is 0 Å². The fraction of sp³-hybridized carbons (Fsp3) is 0.0833. The van der Waals surface area contributed by atoms with Crippen molar-refractivity contribution in [2.75, 3.05) is 0 Å². The minimum absolute atomic E-state index is 0.0103. The fourth-order valence-corrected chi connectivity index (χ4v) is 2.09. The Morgan fingerprint density at radius 2 is 2.00 bits per heavy atom. The molecule has 0 bridgehead atoms. The molecule has 0 aliphatic rings. The highest BCUT2D eigenvalue weighted by atomic mass is 35.5. The van der Waals surface area contributed by atoms with E-state index in [-0.39, 0.29) is 5.69 Å². The zero-order chi connectivity index (χ0) is 13.3. The van der Waals surface area contributed by atoms with Crippen LogP contribution in [0.2, 0.25) is 10.0 Å². The minimum Gasteiger partial charge on any atom is -0.258 e.